The van der Waals surface area contributed by atoms with Crippen LogP contribution in [0.3, 0.4) is 0 Å². The van der Waals surface area contributed by atoms with Gasteiger partial charge < -0.3 is 14.8 Å². The number of nitrogens with one attached hydrogen (secondary N) is 3. The monoisotopic (exact) mass is 295 g/mol. The topological polar surface area (TPSA) is 106 Å². The summed E-state index contributed by atoms with van der Waals surface area (Å²) in [5.74, 6) is -0.751. The number of methoxy groups -OCH3 is 1. The first-order chi connectivity index (χ1) is 10.0. The van der Waals surface area contributed by atoms with Gasteiger partial charge in [-0.25, -0.2) is 10.2 Å². The van der Waals surface area contributed by atoms with Gasteiger partial charge in [-0.3, -0.25) is 15.0 Å². The number of hydrazine groups is 1. The SMILES string of the molecule is CCOC(=O)CC(=O)NNC(=O)Nc1cccc(OC)c1. The fraction of sp³-hybridized carbons (Fsp3) is 0.308. The highest BCUT2D eigenvalue weighted by atomic mass is 16.5. The third-order valence-electron chi connectivity index (χ3n) is 2.25. The van der Waals surface area contributed by atoms with E-state index >= 15 is 0 Å². The molecule has 3 amide bonds. The maximum Gasteiger partial charge on any atom is 0.337 e. The zero-order valence-electron chi connectivity index (χ0n) is 11.8. The fourth-order valence-corrected chi connectivity index (χ4v) is 1.38. The molecule has 1 aromatic carbocycles. The normalized spacial score (nSPS) is 9.43. The number of esters is 1. The molecule has 0 radical (unpaired) electrons. The molecule has 0 unspecified atom stereocenters. The summed E-state index contributed by atoms with van der Waals surface area (Å²) >= 11 is 0. The molecule has 0 saturated carbocycles. The molecule has 0 atom stereocenters. The van der Waals surface area contributed by atoms with E-state index in [1.165, 1.54) is 7.11 Å². The Balaban J connectivity index is 2.36. The number of carbonyl (C=O) groups is 3. The van der Waals surface area contributed by atoms with E-state index in [4.69, 9.17) is 4.74 Å². The minimum absolute atomic E-state index is 0.190. The second-order valence-electron chi connectivity index (χ2n) is 3.84. The Kier molecular flexibility index (Phi) is 6.52. The predicted molar refractivity (Wildman–Crippen MR) is 74.5 cm³/mol. The lowest BCUT2D eigenvalue weighted by molar-refractivity contribution is -0.146. The fourth-order valence-electron chi connectivity index (χ4n) is 1.38. The molecule has 1 rings (SSSR count). The van der Waals surface area contributed by atoms with Crippen LogP contribution in [0.25, 0.3) is 0 Å². The number of anilines is 1. The first kappa shape index (κ1) is 16.3. The quantitative estimate of drug-likeness (QED) is 0.423. The Hall–Kier alpha value is -2.77. The molecule has 21 heavy (non-hydrogen) atoms. The molecule has 0 fully saturated rings. The summed E-state index contributed by atoms with van der Waals surface area (Å²) in [7, 11) is 1.51. The van der Waals surface area contributed by atoms with Gasteiger partial charge in [0.1, 0.15) is 12.2 Å². The van der Waals surface area contributed by atoms with Crippen molar-refractivity contribution in [3.63, 3.8) is 0 Å². The molecule has 0 aliphatic heterocycles. The highest BCUT2D eigenvalue weighted by Gasteiger charge is 2.11. The molecular formula is C13H17N3O5. The Bertz CT molecular complexity index is 518. The van der Waals surface area contributed by atoms with Crippen molar-refractivity contribution in [1.82, 2.24) is 10.9 Å². The Morgan fingerprint density at radius 1 is 1.19 bits per heavy atom. The summed E-state index contributed by atoms with van der Waals surface area (Å²) in [5.41, 5.74) is 4.70. The van der Waals surface area contributed by atoms with Gasteiger partial charge in [0.2, 0.25) is 5.91 Å². The van der Waals surface area contributed by atoms with E-state index in [2.05, 4.69) is 20.9 Å². The van der Waals surface area contributed by atoms with Gasteiger partial charge in [0.15, 0.2) is 0 Å². The average molecular weight is 295 g/mol. The first-order valence-corrected chi connectivity index (χ1v) is 6.20. The van der Waals surface area contributed by atoms with Gasteiger partial charge in [0.05, 0.1) is 13.7 Å². The second-order valence-corrected chi connectivity index (χ2v) is 3.84. The molecule has 0 aliphatic carbocycles. The van der Waals surface area contributed by atoms with Crippen LogP contribution in [0.4, 0.5) is 10.5 Å². The summed E-state index contributed by atoms with van der Waals surface area (Å²) in [4.78, 5) is 33.9. The van der Waals surface area contributed by atoms with Crippen molar-refractivity contribution in [2.45, 2.75) is 13.3 Å². The van der Waals surface area contributed by atoms with Gasteiger partial charge in [-0.1, -0.05) is 6.07 Å². The summed E-state index contributed by atoms with van der Waals surface area (Å²) in [6.45, 7) is 1.82. The third kappa shape index (κ3) is 6.28. The lowest BCUT2D eigenvalue weighted by atomic mass is 10.3. The second kappa shape index (κ2) is 8.41. The van der Waals surface area contributed by atoms with Crippen LogP contribution in [0.5, 0.6) is 5.75 Å². The standard InChI is InChI=1S/C13H17N3O5/c1-3-21-12(18)8-11(17)15-16-13(19)14-9-5-4-6-10(7-9)20-2/h4-7H,3,8H2,1-2H3,(H,15,17)(H2,14,16,19). The van der Waals surface area contributed by atoms with E-state index in [-0.39, 0.29) is 6.61 Å². The summed E-state index contributed by atoms with van der Waals surface area (Å²) in [5, 5.41) is 2.49. The third-order valence-corrected chi connectivity index (χ3v) is 2.25. The van der Waals surface area contributed by atoms with Crippen molar-refractivity contribution in [2.75, 3.05) is 19.0 Å². The molecule has 8 heteroatoms. The Labute approximate surface area is 121 Å². The summed E-state index contributed by atoms with van der Waals surface area (Å²) in [6.07, 6.45) is -0.465. The zero-order chi connectivity index (χ0) is 15.7. The lowest BCUT2D eigenvalue weighted by Gasteiger charge is -2.09. The smallest absolute Gasteiger partial charge is 0.337 e. The molecule has 0 saturated heterocycles. The molecule has 1 aromatic rings. The van der Waals surface area contributed by atoms with E-state index in [1.807, 2.05) is 0 Å². The van der Waals surface area contributed by atoms with E-state index in [1.54, 1.807) is 31.2 Å². The molecule has 0 spiro atoms. The van der Waals surface area contributed by atoms with Crippen molar-refractivity contribution in [2.24, 2.45) is 0 Å². The molecule has 0 bridgehead atoms. The molecule has 0 aliphatic rings. The van der Waals surface area contributed by atoms with Crippen molar-refractivity contribution in [1.29, 1.82) is 0 Å². The van der Waals surface area contributed by atoms with Gasteiger partial charge >= 0.3 is 12.0 Å². The Morgan fingerprint density at radius 3 is 2.62 bits per heavy atom. The van der Waals surface area contributed by atoms with Crippen LogP contribution in [0.1, 0.15) is 13.3 Å². The maximum absolute atomic E-state index is 11.5. The van der Waals surface area contributed by atoms with Crippen LogP contribution in [-0.4, -0.2) is 31.6 Å². The van der Waals surface area contributed by atoms with E-state index in [9.17, 15) is 14.4 Å². The molecule has 0 aromatic heterocycles. The molecular weight excluding hydrogens is 278 g/mol. The number of urea groups is 1. The minimum atomic E-state index is -0.672. The number of hydrogen-bond acceptors (Lipinski definition) is 5. The van der Waals surface area contributed by atoms with Gasteiger partial charge in [-0.15, -0.1) is 0 Å². The summed E-state index contributed by atoms with van der Waals surface area (Å²) < 4.78 is 9.61. The van der Waals surface area contributed by atoms with Crippen molar-refractivity contribution in [3.05, 3.63) is 24.3 Å². The number of ether oxygens (including phenoxy) is 2. The maximum atomic E-state index is 11.5. The van der Waals surface area contributed by atoms with Crippen LogP contribution < -0.4 is 20.9 Å². The first-order valence-electron chi connectivity index (χ1n) is 6.20. The van der Waals surface area contributed by atoms with Gasteiger partial charge in [-0.05, 0) is 19.1 Å². The van der Waals surface area contributed by atoms with Crippen molar-refractivity contribution < 1.29 is 23.9 Å². The molecule has 3 N–H and O–H groups in total. The van der Waals surface area contributed by atoms with Gasteiger partial charge in [-0.2, -0.15) is 0 Å². The Morgan fingerprint density at radius 2 is 1.95 bits per heavy atom. The van der Waals surface area contributed by atoms with Crippen LogP contribution >= 0.6 is 0 Å². The van der Waals surface area contributed by atoms with Crippen LogP contribution in [-0.2, 0) is 14.3 Å². The average Bonchev–Trinajstić information content (AvgIpc) is 2.45. The van der Waals surface area contributed by atoms with Crippen molar-refractivity contribution in [3.8, 4) is 5.75 Å². The number of benzene rings is 1. The summed E-state index contributed by atoms with van der Waals surface area (Å²) in [6, 6.07) is 6.04. The van der Waals surface area contributed by atoms with Gasteiger partial charge in [0, 0.05) is 11.8 Å². The zero-order valence-corrected chi connectivity index (χ0v) is 11.8. The molecule has 114 valence electrons. The lowest BCUT2D eigenvalue weighted by Crippen LogP contribution is -2.44. The highest BCUT2D eigenvalue weighted by molar-refractivity contribution is 5.96. The van der Waals surface area contributed by atoms with Gasteiger partial charge in [0.25, 0.3) is 0 Å². The number of amides is 3. The minimum Gasteiger partial charge on any atom is -0.497 e. The number of rotatable bonds is 5. The largest absolute Gasteiger partial charge is 0.497 e. The van der Waals surface area contributed by atoms with Crippen LogP contribution in [0, 0.1) is 0 Å². The van der Waals surface area contributed by atoms with E-state index < -0.39 is 24.3 Å². The van der Waals surface area contributed by atoms with E-state index in [0.717, 1.165) is 0 Å². The number of hydrogen-bond donors (Lipinski definition) is 3. The number of carbonyl (C=O) groups excluding carboxylic acids is 3. The van der Waals surface area contributed by atoms with E-state index in [0.29, 0.717) is 11.4 Å². The molecule has 0 heterocycles. The van der Waals surface area contributed by atoms with Crippen molar-refractivity contribution >= 4 is 23.6 Å². The van der Waals surface area contributed by atoms with Crippen LogP contribution in [0.2, 0.25) is 0 Å². The predicted octanol–water partition coefficient (Wildman–Crippen LogP) is 0.801. The van der Waals surface area contributed by atoms with Crippen LogP contribution in [0.15, 0.2) is 24.3 Å². The highest BCUT2D eigenvalue weighted by Crippen LogP contribution is 2.16. The molecule has 8 nitrogen and oxygen atoms in total.